The molecule has 0 aliphatic heterocycles. The topological polar surface area (TPSA) is 32.6 Å². The summed E-state index contributed by atoms with van der Waals surface area (Å²) in [4.78, 5) is 0. The van der Waals surface area contributed by atoms with Crippen LogP contribution in [0.4, 0.5) is 0 Å². The molecule has 0 radical (unpaired) electrons. The molecule has 1 aromatic rings. The zero-order valence-electron chi connectivity index (χ0n) is 12.2. The van der Waals surface area contributed by atoms with E-state index in [-0.39, 0.29) is 10.8 Å². The maximum atomic E-state index is 10.3. The van der Waals surface area contributed by atoms with Gasteiger partial charge in [-0.2, -0.15) is 0 Å². The number of benzene rings is 1. The molecule has 2 nitrogen and oxygen atoms in total. The van der Waals surface area contributed by atoms with Crippen molar-refractivity contribution in [1.29, 1.82) is 0 Å². The number of hydrogen-bond acceptors (Lipinski definition) is 2. The Hall–Kier alpha value is -0.778. The van der Waals surface area contributed by atoms with Crippen molar-refractivity contribution >= 4 is 22.7 Å². The number of hydrogen-bond donors (Lipinski definition) is 1. The molecule has 0 unspecified atom stereocenters. The van der Waals surface area contributed by atoms with Crippen molar-refractivity contribution in [1.82, 2.24) is 0 Å². The van der Waals surface area contributed by atoms with Gasteiger partial charge in [0.15, 0.2) is 0 Å². The quantitative estimate of drug-likeness (QED) is 0.607. The van der Waals surface area contributed by atoms with Gasteiger partial charge < -0.3 is 0 Å². The van der Waals surface area contributed by atoms with Gasteiger partial charge in [0.05, 0.1) is 0 Å². The fourth-order valence-electron chi connectivity index (χ4n) is 1.84. The van der Waals surface area contributed by atoms with Crippen LogP contribution in [0.25, 0.3) is 0 Å². The Morgan fingerprint density at radius 2 is 1.61 bits per heavy atom. The molecule has 0 bridgehead atoms. The van der Waals surface area contributed by atoms with Crippen molar-refractivity contribution in [3.8, 4) is 5.75 Å². The van der Waals surface area contributed by atoms with Gasteiger partial charge in [0.1, 0.15) is 0 Å². The first-order valence-electron chi connectivity index (χ1n) is 6.18. The van der Waals surface area contributed by atoms with E-state index < -0.39 is 0 Å². The minimum absolute atomic E-state index is 0.0528. The van der Waals surface area contributed by atoms with E-state index in [1.54, 1.807) is 6.21 Å². The number of phenolic OH excluding ortho intramolecular Hbond substituents is 1. The summed E-state index contributed by atoms with van der Waals surface area (Å²) < 4.78 is 3.94. The predicted molar refractivity (Wildman–Crippen MR) is 78.9 cm³/mol. The molecule has 0 aliphatic rings. The molecule has 0 aliphatic carbocycles. The van der Waals surface area contributed by atoms with Crippen molar-refractivity contribution in [2.45, 2.75) is 52.4 Å². The number of aromatic hydroxyl groups is 1. The Morgan fingerprint density at radius 3 is 2.00 bits per heavy atom. The molecule has 0 aromatic heterocycles. The van der Waals surface area contributed by atoms with Crippen LogP contribution in [0, 0.1) is 0 Å². The Balaban J connectivity index is 3.57. The van der Waals surface area contributed by atoms with Crippen molar-refractivity contribution < 1.29 is 5.11 Å². The van der Waals surface area contributed by atoms with Gasteiger partial charge >= 0.3 is 119 Å². The van der Waals surface area contributed by atoms with Gasteiger partial charge in [-0.15, -0.1) is 0 Å². The molecule has 1 N–H and O–H groups in total. The van der Waals surface area contributed by atoms with Crippen molar-refractivity contribution in [3.63, 3.8) is 0 Å². The maximum absolute atomic E-state index is 10.3. The Morgan fingerprint density at radius 1 is 1.06 bits per heavy atom. The van der Waals surface area contributed by atoms with Crippen LogP contribution in [0.15, 0.2) is 16.1 Å². The molecule has 0 saturated heterocycles. The van der Waals surface area contributed by atoms with E-state index in [9.17, 15) is 5.11 Å². The molecule has 0 fully saturated rings. The second-order valence-electron chi connectivity index (χ2n) is 6.74. The van der Waals surface area contributed by atoms with E-state index in [0.717, 1.165) is 11.1 Å². The Kier molecular flexibility index (Phi) is 4.31. The number of rotatable bonds is 1. The van der Waals surface area contributed by atoms with Gasteiger partial charge in [-0.3, -0.25) is 0 Å². The van der Waals surface area contributed by atoms with Crippen LogP contribution < -0.4 is 0 Å². The van der Waals surface area contributed by atoms with E-state index in [2.05, 4.69) is 68.1 Å². The van der Waals surface area contributed by atoms with Crippen LogP contribution in [0.3, 0.4) is 0 Å². The Labute approximate surface area is 119 Å². The zero-order valence-corrected chi connectivity index (χ0v) is 13.4. The molecular formula is C15H22AlNO+2. The third-order valence-electron chi connectivity index (χ3n) is 3.03. The van der Waals surface area contributed by atoms with Gasteiger partial charge in [-0.05, 0) is 0 Å². The van der Waals surface area contributed by atoms with Crippen LogP contribution >= 0.6 is 0 Å². The van der Waals surface area contributed by atoms with Gasteiger partial charge in [0, 0.05) is 0 Å². The first-order valence-corrected chi connectivity index (χ1v) is 6.70. The van der Waals surface area contributed by atoms with Crippen LogP contribution in [-0.2, 0) is 10.8 Å². The molecule has 0 amide bonds. The number of phenols is 1. The summed E-state index contributed by atoms with van der Waals surface area (Å²) in [6, 6.07) is 4.12. The van der Waals surface area contributed by atoms with Crippen LogP contribution in [-0.4, -0.2) is 27.8 Å². The monoisotopic (exact) mass is 259 g/mol. The van der Waals surface area contributed by atoms with E-state index in [0.29, 0.717) is 5.75 Å². The fraction of sp³-hybridized carbons (Fsp3) is 0.533. The van der Waals surface area contributed by atoms with Gasteiger partial charge in [-0.1, -0.05) is 0 Å². The second-order valence-corrected chi connectivity index (χ2v) is 7.04. The summed E-state index contributed by atoms with van der Waals surface area (Å²) >= 11 is 2.30. The van der Waals surface area contributed by atoms with Crippen molar-refractivity contribution in [2.75, 3.05) is 0 Å². The van der Waals surface area contributed by atoms with Crippen molar-refractivity contribution in [3.05, 3.63) is 28.8 Å². The van der Waals surface area contributed by atoms with Gasteiger partial charge in [0.2, 0.25) is 0 Å². The third-order valence-corrected chi connectivity index (χ3v) is 3.18. The summed E-state index contributed by atoms with van der Waals surface area (Å²) in [5.74, 6) is 0.335. The minimum atomic E-state index is -0.0885. The summed E-state index contributed by atoms with van der Waals surface area (Å²) in [7, 11) is 0. The average Bonchev–Trinajstić information content (AvgIpc) is 2.17. The molecule has 3 heteroatoms. The van der Waals surface area contributed by atoms with Crippen LogP contribution in [0.5, 0.6) is 5.75 Å². The summed E-state index contributed by atoms with van der Waals surface area (Å²) in [5.41, 5.74) is 2.92. The predicted octanol–water partition coefficient (Wildman–Crippen LogP) is 3.49. The molecule has 1 aromatic carbocycles. The molecule has 1 rings (SSSR count). The first-order chi connectivity index (χ1) is 8.07. The molecule has 18 heavy (non-hydrogen) atoms. The van der Waals surface area contributed by atoms with Gasteiger partial charge in [0.25, 0.3) is 0 Å². The van der Waals surface area contributed by atoms with Crippen LogP contribution in [0.2, 0.25) is 0 Å². The first kappa shape index (κ1) is 15.3. The summed E-state index contributed by atoms with van der Waals surface area (Å²) in [5, 5.41) is 10.3. The standard InChI is InChI=1S/C15H22NO.Al/c1-14(2,3)11-7-10(9-16)13(17)12(8-11)15(4,5)6;/h7-9,17H,1-6H3;/q-1;+3. The second kappa shape index (κ2) is 5.07. The zero-order chi connectivity index (χ0) is 14.1. The Bertz CT molecular complexity index is 465. The molecule has 94 valence electrons. The van der Waals surface area contributed by atoms with E-state index in [1.165, 1.54) is 5.56 Å². The summed E-state index contributed by atoms with van der Waals surface area (Å²) in [6.45, 7) is 12.8. The number of nitrogens with zero attached hydrogens (tertiary/aromatic N) is 1. The third kappa shape index (κ3) is 3.37. The molecule has 0 saturated carbocycles. The fourth-order valence-corrected chi connectivity index (χ4v) is 2.00. The van der Waals surface area contributed by atoms with Crippen molar-refractivity contribution in [2.24, 2.45) is 3.98 Å². The van der Waals surface area contributed by atoms with E-state index >= 15 is 0 Å². The molecular weight excluding hydrogens is 237 g/mol. The molecule has 0 atom stereocenters. The average molecular weight is 259 g/mol. The SMILES string of the molecule is CC(C)(C)c1cc(C=[N][Al+2])c(O)c(C(C)(C)C)c1. The molecule has 0 heterocycles. The van der Waals surface area contributed by atoms with E-state index in [4.69, 9.17) is 0 Å². The molecule has 0 spiro atoms. The van der Waals surface area contributed by atoms with E-state index in [1.807, 2.05) is 6.07 Å². The summed E-state index contributed by atoms with van der Waals surface area (Å²) in [6.07, 6.45) is 1.68. The normalized spacial score (nSPS) is 13.3. The van der Waals surface area contributed by atoms with Crippen LogP contribution in [0.1, 0.15) is 58.2 Å². The van der Waals surface area contributed by atoms with Gasteiger partial charge in [-0.25, -0.2) is 0 Å².